The minimum absolute atomic E-state index is 0.0211. The van der Waals surface area contributed by atoms with Gasteiger partial charge >= 0.3 is 0 Å². The van der Waals surface area contributed by atoms with Gasteiger partial charge in [-0.15, -0.1) is 5.10 Å². The van der Waals surface area contributed by atoms with Crippen LogP contribution in [0.15, 0.2) is 39.5 Å². The monoisotopic (exact) mass is 394 g/mol. The molecule has 2 N–H and O–H groups in total. The van der Waals surface area contributed by atoms with Crippen molar-refractivity contribution in [1.29, 1.82) is 0 Å². The van der Waals surface area contributed by atoms with Gasteiger partial charge in [0, 0.05) is 13.5 Å². The van der Waals surface area contributed by atoms with Crippen molar-refractivity contribution in [2.75, 3.05) is 11.9 Å². The third kappa shape index (κ3) is 3.92. The molecule has 1 amide bonds. The highest BCUT2D eigenvalue weighted by molar-refractivity contribution is 7.91. The Morgan fingerprint density at radius 1 is 1.31 bits per heavy atom. The molecule has 0 radical (unpaired) electrons. The zero-order valence-electron chi connectivity index (χ0n) is 13.5. The maximum atomic E-state index is 12.3. The van der Waals surface area contributed by atoms with Crippen LogP contribution in [0.3, 0.4) is 0 Å². The minimum Gasteiger partial charge on any atom is -0.302 e. The summed E-state index contributed by atoms with van der Waals surface area (Å²) in [6.07, 6.45) is 1.15. The number of sulfonamides is 1. The summed E-state index contributed by atoms with van der Waals surface area (Å²) in [5.41, 5.74) is 0.130. The van der Waals surface area contributed by atoms with Crippen molar-refractivity contribution < 1.29 is 13.2 Å². The minimum atomic E-state index is -3.81. The van der Waals surface area contributed by atoms with Gasteiger partial charge < -0.3 is 5.32 Å². The number of hydrogen-bond acceptors (Lipinski definition) is 8. The molecule has 3 aromatic rings. The topological polar surface area (TPSA) is 136 Å². The molecule has 0 fully saturated rings. The summed E-state index contributed by atoms with van der Waals surface area (Å²) in [5, 5.41) is 10.7. The van der Waals surface area contributed by atoms with Crippen LogP contribution in [0.4, 0.5) is 5.13 Å². The van der Waals surface area contributed by atoms with Gasteiger partial charge in [0.25, 0.3) is 15.6 Å². The number of hydrogen-bond donors (Lipinski definition) is 2. The Kier molecular flexibility index (Phi) is 5.06. The Hall–Kier alpha value is -2.70. The number of amides is 1. The standard InChI is InChI=1S/C14H14N6O4S2/c1-9(21)17-14-15-8-12(25-14)26(23,24)16-6-7-20-13(22)10-4-2-3-5-11(10)18-19-20/h2-5,8,16H,6-7H2,1H3,(H,15,17,21). The van der Waals surface area contributed by atoms with Crippen LogP contribution in [0, 0.1) is 0 Å². The van der Waals surface area contributed by atoms with Crippen LogP contribution in [0.25, 0.3) is 10.9 Å². The molecule has 0 saturated heterocycles. The Labute approximate surface area is 151 Å². The van der Waals surface area contributed by atoms with Crippen LogP contribution in [0.2, 0.25) is 0 Å². The molecule has 26 heavy (non-hydrogen) atoms. The van der Waals surface area contributed by atoms with Crippen LogP contribution >= 0.6 is 11.3 Å². The Morgan fingerprint density at radius 3 is 2.85 bits per heavy atom. The normalized spacial score (nSPS) is 11.6. The Morgan fingerprint density at radius 2 is 2.08 bits per heavy atom. The second-order valence-electron chi connectivity index (χ2n) is 5.20. The molecule has 12 heteroatoms. The van der Waals surface area contributed by atoms with Crippen molar-refractivity contribution in [2.24, 2.45) is 0 Å². The zero-order valence-corrected chi connectivity index (χ0v) is 15.2. The Bertz CT molecular complexity index is 1120. The van der Waals surface area contributed by atoms with Gasteiger partial charge in [-0.2, -0.15) is 0 Å². The van der Waals surface area contributed by atoms with Gasteiger partial charge in [0.1, 0.15) is 5.52 Å². The molecule has 136 valence electrons. The van der Waals surface area contributed by atoms with E-state index in [1.807, 2.05) is 0 Å². The number of nitrogens with one attached hydrogen (secondary N) is 2. The van der Waals surface area contributed by atoms with Crippen molar-refractivity contribution in [3.05, 3.63) is 40.8 Å². The van der Waals surface area contributed by atoms with E-state index in [1.54, 1.807) is 24.3 Å². The first-order valence-corrected chi connectivity index (χ1v) is 9.72. The van der Waals surface area contributed by atoms with Crippen molar-refractivity contribution >= 4 is 43.3 Å². The molecule has 0 aliphatic rings. The summed E-state index contributed by atoms with van der Waals surface area (Å²) in [7, 11) is -3.81. The van der Waals surface area contributed by atoms with Gasteiger partial charge in [0.05, 0.1) is 18.1 Å². The van der Waals surface area contributed by atoms with Crippen LogP contribution in [-0.4, -0.2) is 40.8 Å². The van der Waals surface area contributed by atoms with Gasteiger partial charge in [-0.05, 0) is 12.1 Å². The van der Waals surface area contributed by atoms with E-state index in [0.29, 0.717) is 10.9 Å². The second kappa shape index (κ2) is 7.27. The van der Waals surface area contributed by atoms with Crippen LogP contribution in [0.5, 0.6) is 0 Å². The molecule has 0 aliphatic heterocycles. The number of nitrogens with zero attached hydrogens (tertiary/aromatic N) is 4. The molecule has 0 aliphatic carbocycles. The smallest absolute Gasteiger partial charge is 0.277 e. The fourth-order valence-corrected chi connectivity index (χ4v) is 4.26. The molecule has 2 heterocycles. The lowest BCUT2D eigenvalue weighted by molar-refractivity contribution is -0.114. The zero-order chi connectivity index (χ0) is 18.7. The Balaban J connectivity index is 1.69. The predicted molar refractivity (Wildman–Crippen MR) is 95.4 cm³/mol. The summed E-state index contributed by atoms with van der Waals surface area (Å²) < 4.78 is 27.9. The number of anilines is 1. The maximum absolute atomic E-state index is 12.3. The number of thiazole rings is 1. The molecule has 0 unspecified atom stereocenters. The summed E-state index contributed by atoms with van der Waals surface area (Å²) in [4.78, 5) is 27.1. The van der Waals surface area contributed by atoms with Crippen molar-refractivity contribution in [3.8, 4) is 0 Å². The second-order valence-corrected chi connectivity index (χ2v) is 8.22. The first-order chi connectivity index (χ1) is 12.4. The third-order valence-electron chi connectivity index (χ3n) is 3.28. The molecule has 0 saturated carbocycles. The lowest BCUT2D eigenvalue weighted by atomic mass is 10.2. The largest absolute Gasteiger partial charge is 0.302 e. The number of aromatic nitrogens is 4. The van der Waals surface area contributed by atoms with Gasteiger partial charge in [0.2, 0.25) is 5.91 Å². The number of rotatable bonds is 6. The van der Waals surface area contributed by atoms with Gasteiger partial charge in [-0.1, -0.05) is 28.7 Å². The first-order valence-electron chi connectivity index (χ1n) is 7.42. The molecule has 0 bridgehead atoms. The first kappa shape index (κ1) is 18.1. The summed E-state index contributed by atoms with van der Waals surface area (Å²) in [6, 6.07) is 6.77. The quantitative estimate of drug-likeness (QED) is 0.609. The van der Waals surface area contributed by atoms with E-state index in [4.69, 9.17) is 0 Å². The number of benzene rings is 1. The van der Waals surface area contributed by atoms with E-state index in [0.717, 1.165) is 22.2 Å². The fourth-order valence-electron chi connectivity index (χ4n) is 2.12. The summed E-state index contributed by atoms with van der Waals surface area (Å²) in [6.45, 7) is 1.27. The van der Waals surface area contributed by atoms with Crippen molar-refractivity contribution in [1.82, 2.24) is 24.7 Å². The summed E-state index contributed by atoms with van der Waals surface area (Å²) in [5.74, 6) is -0.342. The molecule has 1 aromatic carbocycles. The average Bonchev–Trinajstić information content (AvgIpc) is 3.06. The van der Waals surface area contributed by atoms with Gasteiger partial charge in [0.15, 0.2) is 9.34 Å². The van der Waals surface area contributed by atoms with E-state index in [9.17, 15) is 18.0 Å². The van der Waals surface area contributed by atoms with E-state index >= 15 is 0 Å². The van der Waals surface area contributed by atoms with Gasteiger partial charge in [-0.3, -0.25) is 9.59 Å². The molecule has 3 rings (SSSR count). The van der Waals surface area contributed by atoms with E-state index in [2.05, 4.69) is 25.3 Å². The highest BCUT2D eigenvalue weighted by atomic mass is 32.2. The lowest BCUT2D eigenvalue weighted by Gasteiger charge is -2.06. The van der Waals surface area contributed by atoms with Crippen LogP contribution in [0.1, 0.15) is 6.92 Å². The number of carbonyl (C=O) groups excluding carboxylic acids is 1. The SMILES string of the molecule is CC(=O)Nc1ncc(S(=O)(=O)NCCn2nnc3ccccc3c2=O)s1. The highest BCUT2D eigenvalue weighted by Gasteiger charge is 2.18. The molecule has 10 nitrogen and oxygen atoms in total. The molecular weight excluding hydrogens is 380 g/mol. The van der Waals surface area contributed by atoms with Crippen molar-refractivity contribution in [2.45, 2.75) is 17.7 Å². The molecular formula is C14H14N6O4S2. The average molecular weight is 394 g/mol. The van der Waals surface area contributed by atoms with E-state index in [-0.39, 0.29) is 33.9 Å². The lowest BCUT2D eigenvalue weighted by Crippen LogP contribution is -2.32. The van der Waals surface area contributed by atoms with Crippen LogP contribution < -0.4 is 15.6 Å². The van der Waals surface area contributed by atoms with Crippen LogP contribution in [-0.2, 0) is 21.4 Å². The number of fused-ring (bicyclic) bond motifs is 1. The third-order valence-corrected chi connectivity index (χ3v) is 6.11. The van der Waals surface area contributed by atoms with Gasteiger partial charge in [-0.25, -0.2) is 22.8 Å². The maximum Gasteiger partial charge on any atom is 0.277 e. The fraction of sp³-hybridized carbons (Fsp3) is 0.214. The number of carbonyl (C=O) groups is 1. The van der Waals surface area contributed by atoms with E-state index in [1.165, 1.54) is 6.92 Å². The highest BCUT2D eigenvalue weighted by Crippen LogP contribution is 2.22. The molecule has 0 spiro atoms. The summed E-state index contributed by atoms with van der Waals surface area (Å²) >= 11 is 0.829. The van der Waals surface area contributed by atoms with Crippen molar-refractivity contribution in [3.63, 3.8) is 0 Å². The molecule has 0 atom stereocenters. The molecule has 2 aromatic heterocycles. The predicted octanol–water partition coefficient (Wildman–Crippen LogP) is 0.185. The van der Waals surface area contributed by atoms with E-state index < -0.39 is 10.0 Å².